The molecule has 0 saturated heterocycles. The van der Waals surface area contributed by atoms with Gasteiger partial charge in [-0.3, -0.25) is 0 Å². The Labute approximate surface area is 226 Å². The Morgan fingerprint density at radius 2 is 1.72 bits per heavy atom. The van der Waals surface area contributed by atoms with Crippen molar-refractivity contribution in [3.8, 4) is 23.0 Å². The highest BCUT2D eigenvalue weighted by Gasteiger charge is 2.31. The zero-order valence-electron chi connectivity index (χ0n) is 22.4. The van der Waals surface area contributed by atoms with Gasteiger partial charge in [-0.15, -0.1) is 0 Å². The third kappa shape index (κ3) is 5.56. The number of carboxylic acids is 1. The van der Waals surface area contributed by atoms with Gasteiger partial charge in [0, 0.05) is 35.0 Å². The number of aryl methyl sites for hydroxylation is 1. The van der Waals surface area contributed by atoms with Gasteiger partial charge in [-0.1, -0.05) is 56.3 Å². The highest BCUT2D eigenvalue weighted by molar-refractivity contribution is 6.01. The van der Waals surface area contributed by atoms with E-state index in [1.165, 1.54) is 0 Å². The number of carboxylic acid groups (broad SMARTS) is 1. The summed E-state index contributed by atoms with van der Waals surface area (Å²) in [6.07, 6.45) is -0.282. The number of fused-ring (bicyclic) bond motifs is 1. The van der Waals surface area contributed by atoms with Gasteiger partial charge in [-0.25, -0.2) is 4.79 Å². The van der Waals surface area contributed by atoms with Gasteiger partial charge in [-0.2, -0.15) is 4.98 Å². The summed E-state index contributed by atoms with van der Waals surface area (Å²) in [4.78, 5) is 16.3. The van der Waals surface area contributed by atoms with Crippen molar-refractivity contribution in [2.45, 2.75) is 52.2 Å². The maximum atomic E-state index is 11.8. The van der Waals surface area contributed by atoms with E-state index in [-0.39, 0.29) is 11.0 Å². The summed E-state index contributed by atoms with van der Waals surface area (Å²) in [5, 5.41) is 25.6. The van der Waals surface area contributed by atoms with E-state index in [9.17, 15) is 15.0 Å². The Hall–Kier alpha value is -4.43. The first kappa shape index (κ1) is 26.2. The number of aliphatic hydroxyl groups excluding tert-OH is 1. The minimum absolute atomic E-state index is 0.163. The van der Waals surface area contributed by atoms with Crippen LogP contribution in [0, 0.1) is 6.92 Å². The molecule has 3 aromatic carbocycles. The van der Waals surface area contributed by atoms with E-state index in [0.29, 0.717) is 35.6 Å². The van der Waals surface area contributed by atoms with Crippen molar-refractivity contribution in [3.05, 3.63) is 95.4 Å². The van der Waals surface area contributed by atoms with Crippen LogP contribution in [-0.2, 0) is 18.4 Å². The number of nitrogens with zero attached hydrogens (tertiary/aromatic N) is 3. The van der Waals surface area contributed by atoms with Crippen LogP contribution in [-0.4, -0.2) is 37.0 Å². The third-order valence-electron chi connectivity index (χ3n) is 6.53. The van der Waals surface area contributed by atoms with E-state index in [1.54, 1.807) is 25.1 Å². The maximum absolute atomic E-state index is 11.8. The maximum Gasteiger partial charge on any atom is 0.335 e. The molecule has 0 aliphatic rings. The predicted molar refractivity (Wildman–Crippen MR) is 148 cm³/mol. The van der Waals surface area contributed by atoms with Crippen molar-refractivity contribution in [3.63, 3.8) is 0 Å². The molecule has 1 atom stereocenters. The lowest BCUT2D eigenvalue weighted by molar-refractivity contribution is 0.0697. The molecule has 0 fully saturated rings. The fourth-order valence-corrected chi connectivity index (χ4v) is 4.94. The van der Waals surface area contributed by atoms with Gasteiger partial charge < -0.3 is 24.0 Å². The number of aromatic carboxylic acids is 1. The molecule has 39 heavy (non-hydrogen) atoms. The van der Waals surface area contributed by atoms with E-state index >= 15 is 0 Å². The number of rotatable bonds is 8. The summed E-state index contributed by atoms with van der Waals surface area (Å²) in [5.41, 5.74) is 3.12. The lowest BCUT2D eigenvalue weighted by Gasteiger charge is -2.25. The van der Waals surface area contributed by atoms with Crippen LogP contribution in [0.15, 0.2) is 77.3 Å². The van der Waals surface area contributed by atoms with Crippen molar-refractivity contribution >= 4 is 16.9 Å². The first-order chi connectivity index (χ1) is 18.6. The number of ether oxygens (including phenoxy) is 1. The minimum Gasteiger partial charge on any atom is -0.478 e. The van der Waals surface area contributed by atoms with Crippen molar-refractivity contribution in [2.75, 3.05) is 0 Å². The van der Waals surface area contributed by atoms with Crippen molar-refractivity contribution in [2.24, 2.45) is 0 Å². The molecule has 0 aliphatic heterocycles. The van der Waals surface area contributed by atoms with E-state index in [4.69, 9.17) is 9.26 Å². The summed E-state index contributed by atoms with van der Waals surface area (Å²) in [5.74, 6) is 1.28. The average Bonchev–Trinajstić information content (AvgIpc) is 3.46. The zero-order valence-corrected chi connectivity index (χ0v) is 22.4. The van der Waals surface area contributed by atoms with E-state index in [0.717, 1.165) is 28.3 Å². The number of aromatic nitrogens is 3. The van der Waals surface area contributed by atoms with Gasteiger partial charge in [0.15, 0.2) is 5.82 Å². The number of aliphatic hydroxyl groups is 1. The highest BCUT2D eigenvalue weighted by Crippen LogP contribution is 2.41. The predicted octanol–water partition coefficient (Wildman–Crippen LogP) is 6.39. The summed E-state index contributed by atoms with van der Waals surface area (Å²) in [6.45, 7) is 8.25. The molecule has 2 heterocycles. The number of hydrogen-bond acceptors (Lipinski definition) is 6. The molecule has 5 rings (SSSR count). The van der Waals surface area contributed by atoms with Crippen LogP contribution in [0.4, 0.5) is 0 Å². The molecule has 0 aliphatic carbocycles. The molecule has 200 valence electrons. The molecular formula is C31H31N3O5. The fraction of sp³-hybridized carbons (Fsp3) is 0.258. The number of benzene rings is 3. The van der Waals surface area contributed by atoms with Gasteiger partial charge in [0.1, 0.15) is 11.5 Å². The second-order valence-corrected chi connectivity index (χ2v) is 10.7. The number of hydrogen-bond donors (Lipinski definition) is 2. The molecule has 0 saturated carbocycles. The van der Waals surface area contributed by atoms with Crippen LogP contribution in [0.3, 0.4) is 0 Å². The van der Waals surface area contributed by atoms with Gasteiger partial charge in [0.25, 0.3) is 5.89 Å². The summed E-state index contributed by atoms with van der Waals surface area (Å²) < 4.78 is 13.5. The molecule has 0 bridgehead atoms. The van der Waals surface area contributed by atoms with Crippen LogP contribution in [0.1, 0.15) is 48.2 Å². The Kier molecular flexibility index (Phi) is 6.97. The monoisotopic (exact) mass is 525 g/mol. The quantitative estimate of drug-likeness (QED) is 0.241. The fourth-order valence-electron chi connectivity index (χ4n) is 4.94. The molecule has 0 radical (unpaired) electrons. The van der Waals surface area contributed by atoms with Gasteiger partial charge in [0.2, 0.25) is 0 Å². The number of para-hydroxylation sites is 1. The van der Waals surface area contributed by atoms with Crippen LogP contribution >= 0.6 is 0 Å². The molecule has 8 heteroatoms. The second-order valence-electron chi connectivity index (χ2n) is 10.7. The largest absolute Gasteiger partial charge is 0.478 e. The number of carbonyl (C=O) groups is 1. The van der Waals surface area contributed by atoms with Gasteiger partial charge in [-0.05, 0) is 55.0 Å². The molecule has 8 nitrogen and oxygen atoms in total. The van der Waals surface area contributed by atoms with E-state index in [1.807, 2.05) is 59.2 Å². The van der Waals surface area contributed by atoms with E-state index < -0.39 is 12.1 Å². The average molecular weight is 526 g/mol. The van der Waals surface area contributed by atoms with Gasteiger partial charge >= 0.3 is 5.97 Å². The van der Waals surface area contributed by atoms with E-state index in [2.05, 4.69) is 30.9 Å². The standard InChI is InChI=1S/C31H31N3O5/c1-19-32-29(39-33-19)27-25-17-21(30(36)37)12-15-26(25)34(28(27)31(2,3)4)18-22(35)16-20-10-13-24(14-11-20)38-23-8-6-5-7-9-23/h5-15,17,22,35H,16,18H2,1-4H3,(H,36,37). The molecular weight excluding hydrogens is 494 g/mol. The normalized spacial score (nSPS) is 12.5. The summed E-state index contributed by atoms with van der Waals surface area (Å²) in [7, 11) is 0. The lowest BCUT2D eigenvalue weighted by Crippen LogP contribution is -2.25. The van der Waals surface area contributed by atoms with Crippen molar-refractivity contribution in [1.29, 1.82) is 0 Å². The topological polar surface area (TPSA) is 111 Å². The van der Waals surface area contributed by atoms with Crippen molar-refractivity contribution < 1.29 is 24.3 Å². The molecule has 2 aromatic heterocycles. The van der Waals surface area contributed by atoms with Crippen molar-refractivity contribution in [1.82, 2.24) is 14.7 Å². The zero-order chi connectivity index (χ0) is 27.7. The molecule has 1 unspecified atom stereocenters. The third-order valence-corrected chi connectivity index (χ3v) is 6.53. The second kappa shape index (κ2) is 10.4. The smallest absolute Gasteiger partial charge is 0.335 e. The lowest BCUT2D eigenvalue weighted by atomic mass is 9.88. The molecule has 0 spiro atoms. The Morgan fingerprint density at radius 1 is 1.03 bits per heavy atom. The van der Waals surface area contributed by atoms with Crippen LogP contribution in [0.2, 0.25) is 0 Å². The first-order valence-electron chi connectivity index (χ1n) is 12.8. The molecule has 2 N–H and O–H groups in total. The minimum atomic E-state index is -1.02. The van der Waals surface area contributed by atoms with Crippen LogP contribution < -0.4 is 4.74 Å². The van der Waals surface area contributed by atoms with Crippen LogP contribution in [0.25, 0.3) is 22.4 Å². The Morgan fingerprint density at radius 3 is 2.33 bits per heavy atom. The highest BCUT2D eigenvalue weighted by atomic mass is 16.5. The Bertz CT molecular complexity index is 1610. The molecule has 5 aromatic rings. The summed E-state index contributed by atoms with van der Waals surface area (Å²) in [6, 6.07) is 22.3. The first-order valence-corrected chi connectivity index (χ1v) is 12.8. The SMILES string of the molecule is Cc1noc(-c2c(C(C)(C)C)n(CC(O)Cc3ccc(Oc4ccccc4)cc3)c3ccc(C(=O)O)cc23)n1. The Balaban J connectivity index is 1.49. The molecule has 0 amide bonds. The van der Waals surface area contributed by atoms with Gasteiger partial charge in [0.05, 0.1) is 17.2 Å². The summed E-state index contributed by atoms with van der Waals surface area (Å²) >= 11 is 0. The van der Waals surface area contributed by atoms with Crippen LogP contribution in [0.5, 0.6) is 11.5 Å².